The van der Waals surface area contributed by atoms with E-state index in [4.69, 9.17) is 8.60 Å². The Kier molecular flexibility index (Phi) is 3.56. The summed E-state index contributed by atoms with van der Waals surface area (Å²) in [5, 5.41) is 1.88. The van der Waals surface area contributed by atoms with Crippen LogP contribution in [-0.2, 0) is 5.41 Å². The van der Waals surface area contributed by atoms with Crippen LogP contribution in [0.5, 0.6) is 5.75 Å². The number of hydrogen-bond donors (Lipinski definition) is 0. The van der Waals surface area contributed by atoms with E-state index >= 15 is 0 Å². The topological polar surface area (TPSA) is 22.4 Å². The molecule has 1 aliphatic carbocycles. The summed E-state index contributed by atoms with van der Waals surface area (Å²) in [7, 11) is 0. The molecule has 6 heteroatoms. The quantitative estimate of drug-likeness (QED) is 0.327. The summed E-state index contributed by atoms with van der Waals surface area (Å²) >= 11 is -0.499. The molecule has 0 radical (unpaired) electrons. The molecule has 142 valence electrons. The Balaban J connectivity index is 1.89. The van der Waals surface area contributed by atoms with E-state index in [0.29, 0.717) is 16.7 Å². The standard InChI is InChI=1S/C22H15F3O2S/c1-21(2)14-9-5-3-7-12(14)18-17(27-28-22(23,24)25)11-16-19(20(18)21)13-8-4-6-10-15(13)26-16/h3-11H,1-2H3. The lowest BCUT2D eigenvalue weighted by Gasteiger charge is -2.22. The predicted molar refractivity (Wildman–Crippen MR) is 106 cm³/mol. The molecule has 0 amide bonds. The van der Waals surface area contributed by atoms with Crippen molar-refractivity contribution >= 4 is 34.0 Å². The van der Waals surface area contributed by atoms with Crippen molar-refractivity contribution in [3.8, 4) is 16.9 Å². The normalized spacial score (nSPS) is 15.0. The van der Waals surface area contributed by atoms with Crippen LogP contribution in [0, 0.1) is 0 Å². The molecule has 0 fully saturated rings. The van der Waals surface area contributed by atoms with E-state index in [2.05, 4.69) is 13.8 Å². The van der Waals surface area contributed by atoms with Crippen molar-refractivity contribution in [2.75, 3.05) is 0 Å². The second-order valence-electron chi connectivity index (χ2n) is 7.38. The number of para-hydroxylation sites is 1. The van der Waals surface area contributed by atoms with Gasteiger partial charge < -0.3 is 8.60 Å². The van der Waals surface area contributed by atoms with Gasteiger partial charge >= 0.3 is 5.51 Å². The highest BCUT2D eigenvalue weighted by molar-refractivity contribution is 7.95. The van der Waals surface area contributed by atoms with Gasteiger partial charge in [-0.15, -0.1) is 0 Å². The molecule has 2 nitrogen and oxygen atoms in total. The maximum atomic E-state index is 12.8. The minimum Gasteiger partial charge on any atom is -0.456 e. The fraction of sp³-hybridized carbons (Fsp3) is 0.182. The van der Waals surface area contributed by atoms with Gasteiger partial charge in [-0.25, -0.2) is 0 Å². The van der Waals surface area contributed by atoms with E-state index in [-0.39, 0.29) is 5.75 Å². The third-order valence-corrected chi connectivity index (χ3v) is 5.80. The van der Waals surface area contributed by atoms with Crippen molar-refractivity contribution in [3.05, 3.63) is 65.7 Å². The summed E-state index contributed by atoms with van der Waals surface area (Å²) in [6.07, 6.45) is 0. The van der Waals surface area contributed by atoms with Crippen LogP contribution in [0.1, 0.15) is 25.0 Å². The molecule has 0 saturated carbocycles. The van der Waals surface area contributed by atoms with Gasteiger partial charge in [0.05, 0.1) is 0 Å². The van der Waals surface area contributed by atoms with E-state index in [1.807, 2.05) is 48.5 Å². The highest BCUT2D eigenvalue weighted by Gasteiger charge is 2.41. The monoisotopic (exact) mass is 400 g/mol. The molecular formula is C22H15F3O2S. The molecule has 28 heavy (non-hydrogen) atoms. The molecule has 1 heterocycles. The zero-order valence-electron chi connectivity index (χ0n) is 15.1. The second-order valence-corrected chi connectivity index (χ2v) is 8.18. The number of fused-ring (bicyclic) bond motifs is 7. The van der Waals surface area contributed by atoms with Gasteiger partial charge in [-0.1, -0.05) is 56.3 Å². The van der Waals surface area contributed by atoms with E-state index in [1.165, 1.54) is 0 Å². The lowest BCUT2D eigenvalue weighted by molar-refractivity contribution is -0.0369. The number of alkyl halides is 3. The molecule has 1 aromatic heterocycles. The first-order valence-electron chi connectivity index (χ1n) is 8.78. The van der Waals surface area contributed by atoms with Crippen LogP contribution < -0.4 is 4.18 Å². The van der Waals surface area contributed by atoms with Crippen LogP contribution in [-0.4, -0.2) is 5.51 Å². The Labute approximate surface area is 163 Å². The molecule has 0 N–H and O–H groups in total. The van der Waals surface area contributed by atoms with Crippen LogP contribution in [0.15, 0.2) is 59.0 Å². The molecule has 0 atom stereocenters. The van der Waals surface area contributed by atoms with Gasteiger partial charge in [0.1, 0.15) is 16.9 Å². The van der Waals surface area contributed by atoms with Crippen molar-refractivity contribution in [1.29, 1.82) is 0 Å². The first-order chi connectivity index (χ1) is 13.3. The molecule has 0 unspecified atom stereocenters. The van der Waals surface area contributed by atoms with Crippen molar-refractivity contribution in [2.24, 2.45) is 0 Å². The summed E-state index contributed by atoms with van der Waals surface area (Å²) < 4.78 is 49.7. The van der Waals surface area contributed by atoms with E-state index in [1.54, 1.807) is 6.07 Å². The van der Waals surface area contributed by atoms with Crippen molar-refractivity contribution in [1.82, 2.24) is 0 Å². The summed E-state index contributed by atoms with van der Waals surface area (Å²) in [4.78, 5) is 0. The lowest BCUT2D eigenvalue weighted by Crippen LogP contribution is -2.15. The molecular weight excluding hydrogens is 385 g/mol. The van der Waals surface area contributed by atoms with Gasteiger partial charge in [0.25, 0.3) is 0 Å². The average Bonchev–Trinajstić information content (AvgIpc) is 3.12. The van der Waals surface area contributed by atoms with Crippen molar-refractivity contribution in [2.45, 2.75) is 24.8 Å². The Morgan fingerprint density at radius 3 is 2.46 bits per heavy atom. The number of benzene rings is 3. The van der Waals surface area contributed by atoms with Crippen LogP contribution >= 0.6 is 12.0 Å². The zero-order valence-corrected chi connectivity index (χ0v) is 15.9. The van der Waals surface area contributed by atoms with E-state index in [9.17, 15) is 13.2 Å². The van der Waals surface area contributed by atoms with Crippen LogP contribution in [0.25, 0.3) is 33.1 Å². The fourth-order valence-corrected chi connectivity index (χ4v) is 4.61. The fourth-order valence-electron chi connectivity index (χ4n) is 4.29. The van der Waals surface area contributed by atoms with Gasteiger partial charge in [-0.2, -0.15) is 13.2 Å². The van der Waals surface area contributed by atoms with Crippen LogP contribution in [0.2, 0.25) is 0 Å². The molecule has 0 aliphatic heterocycles. The van der Waals surface area contributed by atoms with Gasteiger partial charge in [0.15, 0.2) is 12.0 Å². The second kappa shape index (κ2) is 5.70. The largest absolute Gasteiger partial charge is 0.479 e. The number of furan rings is 1. The molecule has 1 aliphatic rings. The minimum absolute atomic E-state index is 0.168. The molecule has 3 aromatic carbocycles. The summed E-state index contributed by atoms with van der Waals surface area (Å²) in [6, 6.07) is 17.0. The highest BCUT2D eigenvalue weighted by Crippen LogP contribution is 2.57. The number of hydrogen-bond acceptors (Lipinski definition) is 3. The maximum absolute atomic E-state index is 12.8. The van der Waals surface area contributed by atoms with Gasteiger partial charge in [0.2, 0.25) is 0 Å². The van der Waals surface area contributed by atoms with Gasteiger partial charge in [-0.3, -0.25) is 0 Å². The Bertz CT molecular complexity index is 1240. The van der Waals surface area contributed by atoms with E-state index < -0.39 is 23.0 Å². The average molecular weight is 400 g/mol. The van der Waals surface area contributed by atoms with Gasteiger partial charge in [-0.05, 0) is 22.8 Å². The molecule has 0 spiro atoms. The third kappa shape index (κ3) is 2.44. The summed E-state index contributed by atoms with van der Waals surface area (Å²) in [5.41, 5.74) is -0.0734. The Morgan fingerprint density at radius 2 is 1.68 bits per heavy atom. The Hall–Kier alpha value is -2.60. The first-order valence-corrected chi connectivity index (χ1v) is 9.52. The van der Waals surface area contributed by atoms with Crippen LogP contribution in [0.3, 0.4) is 0 Å². The third-order valence-electron chi connectivity index (χ3n) is 5.35. The number of rotatable bonds is 2. The minimum atomic E-state index is -4.50. The van der Waals surface area contributed by atoms with Crippen molar-refractivity contribution in [3.63, 3.8) is 0 Å². The van der Waals surface area contributed by atoms with Crippen LogP contribution in [0.4, 0.5) is 13.2 Å². The molecule has 0 bridgehead atoms. The lowest BCUT2D eigenvalue weighted by atomic mass is 9.80. The van der Waals surface area contributed by atoms with E-state index in [0.717, 1.165) is 27.5 Å². The molecule has 0 saturated heterocycles. The predicted octanol–water partition coefficient (Wildman–Crippen LogP) is 7.44. The first kappa shape index (κ1) is 17.5. The smallest absolute Gasteiger partial charge is 0.456 e. The zero-order chi connectivity index (χ0) is 19.7. The summed E-state index contributed by atoms with van der Waals surface area (Å²) in [5.74, 6) is 0.168. The Morgan fingerprint density at radius 1 is 0.964 bits per heavy atom. The number of halogens is 3. The van der Waals surface area contributed by atoms with Gasteiger partial charge in [0, 0.05) is 27.8 Å². The molecule has 4 aromatic rings. The molecule has 5 rings (SSSR count). The van der Waals surface area contributed by atoms with Crippen molar-refractivity contribution < 1.29 is 21.8 Å². The highest BCUT2D eigenvalue weighted by atomic mass is 32.2. The summed E-state index contributed by atoms with van der Waals surface area (Å²) in [6.45, 7) is 4.17. The maximum Gasteiger partial charge on any atom is 0.479 e. The SMILES string of the molecule is CC1(C)c2ccccc2-c2c(OSC(F)(F)F)cc3oc4ccccc4c3c21.